The molecule has 1 aliphatic rings. The molecule has 0 aliphatic carbocycles. The first-order valence-electron chi connectivity index (χ1n) is 9.02. The molecule has 1 heterocycles. The lowest BCUT2D eigenvalue weighted by molar-refractivity contribution is -0.121. The van der Waals surface area contributed by atoms with Crippen LogP contribution in [0.15, 0.2) is 12.1 Å². The van der Waals surface area contributed by atoms with Gasteiger partial charge < -0.3 is 25.4 Å². The lowest BCUT2D eigenvalue weighted by Gasteiger charge is -2.36. The average Bonchev–Trinajstić information content (AvgIpc) is 2.66. The lowest BCUT2D eigenvalue weighted by atomic mass is 10.00. The van der Waals surface area contributed by atoms with E-state index in [1.165, 1.54) is 0 Å². The molecule has 0 aromatic heterocycles. The summed E-state index contributed by atoms with van der Waals surface area (Å²) in [5.41, 5.74) is 6.80. The standard InChI is InChI=1S/C19H29N3O4/c1-13-16(25-2)10-14(11-17(13)26-3)19(24)22-9-5-4-6-15(22)12-21-18(23)7-8-20/h10-11,15H,4-9,12,20H2,1-3H3,(H,21,23). The molecule has 1 aliphatic heterocycles. The molecule has 2 amide bonds. The van der Waals surface area contributed by atoms with Gasteiger partial charge in [-0.3, -0.25) is 9.59 Å². The molecule has 1 aromatic rings. The van der Waals surface area contributed by atoms with Gasteiger partial charge in [-0.2, -0.15) is 0 Å². The van der Waals surface area contributed by atoms with Gasteiger partial charge in [0.15, 0.2) is 0 Å². The maximum Gasteiger partial charge on any atom is 0.254 e. The number of carbonyl (C=O) groups is 2. The van der Waals surface area contributed by atoms with Gasteiger partial charge in [-0.1, -0.05) is 0 Å². The van der Waals surface area contributed by atoms with E-state index in [0.29, 0.717) is 43.1 Å². The molecule has 0 saturated carbocycles. The third-order valence-corrected chi connectivity index (χ3v) is 4.79. The molecule has 3 N–H and O–H groups in total. The summed E-state index contributed by atoms with van der Waals surface area (Å²) in [4.78, 5) is 26.7. The van der Waals surface area contributed by atoms with Crippen LogP contribution in [0.3, 0.4) is 0 Å². The van der Waals surface area contributed by atoms with Crippen LogP contribution in [0.5, 0.6) is 11.5 Å². The smallest absolute Gasteiger partial charge is 0.254 e. The van der Waals surface area contributed by atoms with E-state index in [1.807, 2.05) is 11.8 Å². The van der Waals surface area contributed by atoms with Crippen LogP contribution >= 0.6 is 0 Å². The van der Waals surface area contributed by atoms with Gasteiger partial charge in [0.25, 0.3) is 5.91 Å². The average molecular weight is 363 g/mol. The number of hydrogen-bond donors (Lipinski definition) is 2. The van der Waals surface area contributed by atoms with E-state index in [-0.39, 0.29) is 17.9 Å². The summed E-state index contributed by atoms with van der Waals surface area (Å²) in [6.07, 6.45) is 3.17. The highest BCUT2D eigenvalue weighted by atomic mass is 16.5. The molecule has 0 bridgehead atoms. The van der Waals surface area contributed by atoms with Crippen molar-refractivity contribution in [3.63, 3.8) is 0 Å². The van der Waals surface area contributed by atoms with Gasteiger partial charge >= 0.3 is 0 Å². The Morgan fingerprint density at radius 2 is 1.88 bits per heavy atom. The normalized spacial score (nSPS) is 16.9. The topological polar surface area (TPSA) is 93.9 Å². The zero-order chi connectivity index (χ0) is 19.1. The van der Waals surface area contributed by atoms with Crippen molar-refractivity contribution in [3.05, 3.63) is 23.3 Å². The van der Waals surface area contributed by atoms with Crippen LogP contribution in [0.2, 0.25) is 0 Å². The molecule has 1 unspecified atom stereocenters. The highest BCUT2D eigenvalue weighted by Gasteiger charge is 2.28. The quantitative estimate of drug-likeness (QED) is 0.765. The summed E-state index contributed by atoms with van der Waals surface area (Å²) in [5.74, 6) is 1.10. The molecule has 0 radical (unpaired) electrons. The Morgan fingerprint density at radius 3 is 2.46 bits per heavy atom. The van der Waals surface area contributed by atoms with Crippen molar-refractivity contribution in [3.8, 4) is 11.5 Å². The van der Waals surface area contributed by atoms with Gasteiger partial charge in [0.05, 0.1) is 14.2 Å². The molecule has 1 aromatic carbocycles. The Hall–Kier alpha value is -2.28. The van der Waals surface area contributed by atoms with Gasteiger partial charge in [-0.15, -0.1) is 0 Å². The van der Waals surface area contributed by atoms with Gasteiger partial charge in [0.1, 0.15) is 11.5 Å². The van der Waals surface area contributed by atoms with E-state index in [0.717, 1.165) is 24.8 Å². The van der Waals surface area contributed by atoms with Crippen molar-refractivity contribution in [2.24, 2.45) is 5.73 Å². The summed E-state index contributed by atoms with van der Waals surface area (Å²) >= 11 is 0. The van der Waals surface area contributed by atoms with Gasteiger partial charge in [0, 0.05) is 43.2 Å². The number of hydrogen-bond acceptors (Lipinski definition) is 5. The molecular weight excluding hydrogens is 334 g/mol. The fourth-order valence-electron chi connectivity index (χ4n) is 3.31. The molecule has 7 heteroatoms. The van der Waals surface area contributed by atoms with Crippen molar-refractivity contribution in [2.45, 2.75) is 38.6 Å². The van der Waals surface area contributed by atoms with Crippen LogP contribution in [0.1, 0.15) is 41.6 Å². The van der Waals surface area contributed by atoms with Gasteiger partial charge in [-0.25, -0.2) is 0 Å². The summed E-state index contributed by atoms with van der Waals surface area (Å²) in [7, 11) is 3.15. The molecule has 0 spiro atoms. The molecule has 1 atom stereocenters. The second kappa shape index (κ2) is 9.43. The minimum atomic E-state index is -0.0795. The van der Waals surface area contributed by atoms with Crippen molar-refractivity contribution in [1.82, 2.24) is 10.2 Å². The number of likely N-dealkylation sites (tertiary alicyclic amines) is 1. The zero-order valence-electron chi connectivity index (χ0n) is 15.8. The number of benzene rings is 1. The fraction of sp³-hybridized carbons (Fsp3) is 0.579. The first-order valence-corrected chi connectivity index (χ1v) is 9.02. The predicted molar refractivity (Wildman–Crippen MR) is 99.6 cm³/mol. The molecule has 144 valence electrons. The van der Waals surface area contributed by atoms with Crippen LogP contribution in [0.4, 0.5) is 0 Å². The second-order valence-electron chi connectivity index (χ2n) is 6.50. The largest absolute Gasteiger partial charge is 0.496 e. The molecule has 26 heavy (non-hydrogen) atoms. The minimum absolute atomic E-state index is 0.0173. The molecule has 2 rings (SSSR count). The summed E-state index contributed by atoms with van der Waals surface area (Å²) < 4.78 is 10.8. The van der Waals surface area contributed by atoms with E-state index in [9.17, 15) is 9.59 Å². The Morgan fingerprint density at radius 1 is 1.23 bits per heavy atom. The van der Waals surface area contributed by atoms with Crippen LogP contribution < -0.4 is 20.5 Å². The minimum Gasteiger partial charge on any atom is -0.496 e. The highest BCUT2D eigenvalue weighted by molar-refractivity contribution is 5.95. The number of nitrogens with one attached hydrogen (secondary N) is 1. The maximum absolute atomic E-state index is 13.1. The van der Waals surface area contributed by atoms with Gasteiger partial charge in [0.2, 0.25) is 5.91 Å². The number of methoxy groups -OCH3 is 2. The second-order valence-corrected chi connectivity index (χ2v) is 6.50. The number of piperidine rings is 1. The summed E-state index contributed by atoms with van der Waals surface area (Å²) in [6, 6.07) is 3.48. The number of ether oxygens (including phenoxy) is 2. The molecule has 1 fully saturated rings. The Bertz CT molecular complexity index is 623. The predicted octanol–water partition coefficient (Wildman–Crippen LogP) is 1.47. The van der Waals surface area contributed by atoms with E-state index in [1.54, 1.807) is 26.4 Å². The summed E-state index contributed by atoms with van der Waals surface area (Å²) in [6.45, 7) is 3.34. The van der Waals surface area contributed by atoms with E-state index < -0.39 is 0 Å². The van der Waals surface area contributed by atoms with Crippen LogP contribution in [-0.4, -0.2) is 56.6 Å². The highest BCUT2D eigenvalue weighted by Crippen LogP contribution is 2.31. The molecule has 7 nitrogen and oxygen atoms in total. The van der Waals surface area contributed by atoms with Crippen LogP contribution in [0.25, 0.3) is 0 Å². The number of nitrogens with two attached hydrogens (primary N) is 1. The number of carbonyl (C=O) groups excluding carboxylic acids is 2. The van der Waals surface area contributed by atoms with Crippen molar-refractivity contribution in [2.75, 3.05) is 33.9 Å². The zero-order valence-corrected chi connectivity index (χ0v) is 15.8. The third kappa shape index (κ3) is 4.66. The fourth-order valence-corrected chi connectivity index (χ4v) is 3.31. The third-order valence-electron chi connectivity index (χ3n) is 4.79. The molecular formula is C19H29N3O4. The Balaban J connectivity index is 2.18. The van der Waals surface area contributed by atoms with E-state index in [2.05, 4.69) is 5.32 Å². The van der Waals surface area contributed by atoms with Crippen molar-refractivity contribution < 1.29 is 19.1 Å². The van der Waals surface area contributed by atoms with E-state index >= 15 is 0 Å². The van der Waals surface area contributed by atoms with Crippen molar-refractivity contribution >= 4 is 11.8 Å². The Labute approximate surface area is 154 Å². The summed E-state index contributed by atoms with van der Waals surface area (Å²) in [5, 5.41) is 2.88. The first-order chi connectivity index (χ1) is 12.5. The maximum atomic E-state index is 13.1. The number of amides is 2. The number of nitrogens with zero attached hydrogens (tertiary/aromatic N) is 1. The SMILES string of the molecule is COc1cc(C(=O)N2CCCCC2CNC(=O)CCN)cc(OC)c1C. The van der Waals surface area contributed by atoms with E-state index in [4.69, 9.17) is 15.2 Å². The van der Waals surface area contributed by atoms with Crippen LogP contribution in [-0.2, 0) is 4.79 Å². The monoisotopic (exact) mass is 363 g/mol. The number of rotatable bonds is 7. The first kappa shape index (κ1) is 20.0. The van der Waals surface area contributed by atoms with Crippen LogP contribution in [0, 0.1) is 6.92 Å². The van der Waals surface area contributed by atoms with Gasteiger partial charge in [-0.05, 0) is 38.3 Å². The molecule has 1 saturated heterocycles. The lowest BCUT2D eigenvalue weighted by Crippen LogP contribution is -2.49. The Kier molecular flexibility index (Phi) is 7.26. The van der Waals surface area contributed by atoms with Crippen molar-refractivity contribution in [1.29, 1.82) is 0 Å².